The first-order valence-electron chi connectivity index (χ1n) is 7.48. The van der Waals surface area contributed by atoms with Crippen LogP contribution < -0.4 is 0 Å². The fourth-order valence-corrected chi connectivity index (χ4v) is 3.50. The highest BCUT2D eigenvalue weighted by Crippen LogP contribution is 2.20. The normalized spacial score (nSPS) is 18.9. The molecule has 2 aromatic rings. The minimum atomic E-state index is 0.252. The van der Waals surface area contributed by atoms with E-state index < -0.39 is 0 Å². The van der Waals surface area contributed by atoms with Crippen LogP contribution in [0.25, 0.3) is 0 Å². The molecule has 3 heterocycles. The van der Waals surface area contributed by atoms with Gasteiger partial charge >= 0.3 is 0 Å². The van der Waals surface area contributed by atoms with E-state index in [0.29, 0.717) is 6.42 Å². The van der Waals surface area contributed by atoms with Crippen molar-refractivity contribution in [3.05, 3.63) is 35.0 Å². The summed E-state index contributed by atoms with van der Waals surface area (Å²) >= 11 is 1.62. The van der Waals surface area contributed by atoms with E-state index >= 15 is 0 Å². The Hall–Kier alpha value is -1.69. The molecule has 0 aliphatic carbocycles. The molecular formula is C15H20N4OS. The molecule has 0 N–H and O–H groups in total. The number of rotatable bonds is 5. The monoisotopic (exact) mass is 304 g/mol. The number of piperidine rings is 1. The van der Waals surface area contributed by atoms with Gasteiger partial charge in [-0.3, -0.25) is 9.48 Å². The molecule has 1 saturated heterocycles. The van der Waals surface area contributed by atoms with E-state index in [1.807, 2.05) is 22.3 Å². The second-order valence-corrected chi connectivity index (χ2v) is 6.37. The Labute approximate surface area is 128 Å². The van der Waals surface area contributed by atoms with Crippen LogP contribution in [0.15, 0.2) is 30.0 Å². The highest BCUT2D eigenvalue weighted by molar-refractivity contribution is 7.09. The lowest BCUT2D eigenvalue weighted by atomic mass is 10.0. The summed E-state index contributed by atoms with van der Waals surface area (Å²) in [6.45, 7) is 1.68. The molecule has 21 heavy (non-hydrogen) atoms. The predicted molar refractivity (Wildman–Crippen MR) is 82.0 cm³/mol. The van der Waals surface area contributed by atoms with Crippen molar-refractivity contribution in [1.82, 2.24) is 19.7 Å². The van der Waals surface area contributed by atoms with E-state index in [4.69, 9.17) is 0 Å². The number of thiazole rings is 1. The van der Waals surface area contributed by atoms with Crippen LogP contribution in [-0.4, -0.2) is 38.2 Å². The molecule has 1 unspecified atom stereocenters. The maximum absolute atomic E-state index is 12.5. The van der Waals surface area contributed by atoms with Crippen molar-refractivity contribution in [3.63, 3.8) is 0 Å². The standard InChI is InChI=1S/C15H20N4OS/c20-15(6-5-14-16-8-11-21-14)19-10-2-1-4-13(19)12-18-9-3-7-17-18/h3,7-9,11,13H,1-2,4-6,10,12H2. The maximum atomic E-state index is 12.5. The zero-order valence-corrected chi connectivity index (χ0v) is 12.8. The first kappa shape index (κ1) is 14.3. The lowest BCUT2D eigenvalue weighted by molar-refractivity contribution is -0.135. The molecule has 6 heteroatoms. The fraction of sp³-hybridized carbons (Fsp3) is 0.533. The molecule has 5 nitrogen and oxygen atoms in total. The van der Waals surface area contributed by atoms with Crippen molar-refractivity contribution in [2.45, 2.75) is 44.7 Å². The van der Waals surface area contributed by atoms with Gasteiger partial charge in [-0.2, -0.15) is 5.10 Å². The Morgan fingerprint density at radius 2 is 2.33 bits per heavy atom. The number of aryl methyl sites for hydroxylation is 1. The number of carbonyl (C=O) groups is 1. The van der Waals surface area contributed by atoms with E-state index in [1.165, 1.54) is 6.42 Å². The first-order valence-corrected chi connectivity index (χ1v) is 8.36. The van der Waals surface area contributed by atoms with Crippen molar-refractivity contribution in [2.24, 2.45) is 0 Å². The van der Waals surface area contributed by atoms with E-state index in [1.54, 1.807) is 23.7 Å². The minimum absolute atomic E-state index is 0.252. The van der Waals surface area contributed by atoms with Crippen LogP contribution in [0.3, 0.4) is 0 Å². The summed E-state index contributed by atoms with van der Waals surface area (Å²) in [5.74, 6) is 0.252. The number of amides is 1. The summed E-state index contributed by atoms with van der Waals surface area (Å²) in [4.78, 5) is 18.8. The van der Waals surface area contributed by atoms with Crippen molar-refractivity contribution < 1.29 is 4.79 Å². The Bertz CT molecular complexity index is 552. The smallest absolute Gasteiger partial charge is 0.223 e. The average Bonchev–Trinajstić information content (AvgIpc) is 3.18. The van der Waals surface area contributed by atoms with Gasteiger partial charge in [0.15, 0.2) is 0 Å². The van der Waals surface area contributed by atoms with Crippen LogP contribution in [0.4, 0.5) is 0 Å². The van der Waals surface area contributed by atoms with Gasteiger partial charge in [-0.1, -0.05) is 0 Å². The van der Waals surface area contributed by atoms with E-state index in [2.05, 4.69) is 15.0 Å². The van der Waals surface area contributed by atoms with Crippen molar-refractivity contribution in [3.8, 4) is 0 Å². The average molecular weight is 304 g/mol. The Balaban J connectivity index is 1.58. The second kappa shape index (κ2) is 6.85. The first-order chi connectivity index (χ1) is 10.3. The van der Waals surface area contributed by atoms with Gasteiger partial charge in [0, 0.05) is 43.4 Å². The number of aromatic nitrogens is 3. The highest BCUT2D eigenvalue weighted by Gasteiger charge is 2.26. The molecule has 1 amide bonds. The number of nitrogens with zero attached hydrogens (tertiary/aromatic N) is 4. The molecule has 2 aromatic heterocycles. The predicted octanol–water partition coefficient (Wildman–Crippen LogP) is 2.35. The Morgan fingerprint density at radius 1 is 1.38 bits per heavy atom. The van der Waals surface area contributed by atoms with Crippen molar-refractivity contribution in [1.29, 1.82) is 0 Å². The zero-order valence-electron chi connectivity index (χ0n) is 12.0. The number of carbonyl (C=O) groups excluding carboxylic acids is 1. The van der Waals surface area contributed by atoms with Gasteiger partial charge in [-0.05, 0) is 25.3 Å². The van der Waals surface area contributed by atoms with Gasteiger partial charge in [-0.25, -0.2) is 4.98 Å². The molecule has 0 bridgehead atoms. The molecule has 0 radical (unpaired) electrons. The van der Waals surface area contributed by atoms with Crippen LogP contribution in [0.1, 0.15) is 30.7 Å². The van der Waals surface area contributed by atoms with Crippen LogP contribution in [0.2, 0.25) is 0 Å². The third-order valence-electron chi connectivity index (χ3n) is 3.94. The molecule has 1 aliphatic heterocycles. The summed E-state index contributed by atoms with van der Waals surface area (Å²) in [6, 6.07) is 2.21. The largest absolute Gasteiger partial charge is 0.338 e. The molecule has 0 aromatic carbocycles. The van der Waals surface area contributed by atoms with Gasteiger partial charge in [0.05, 0.1) is 17.6 Å². The molecule has 0 spiro atoms. The molecular weight excluding hydrogens is 284 g/mol. The highest BCUT2D eigenvalue weighted by atomic mass is 32.1. The summed E-state index contributed by atoms with van der Waals surface area (Å²) in [6.07, 6.45) is 10.2. The van der Waals surface area contributed by atoms with Crippen molar-refractivity contribution in [2.75, 3.05) is 6.54 Å². The molecule has 3 rings (SSSR count). The molecule has 0 saturated carbocycles. The zero-order chi connectivity index (χ0) is 14.5. The summed E-state index contributed by atoms with van der Waals surface area (Å²) in [5, 5.41) is 7.27. The summed E-state index contributed by atoms with van der Waals surface area (Å²) in [7, 11) is 0. The van der Waals surface area contributed by atoms with Crippen LogP contribution in [-0.2, 0) is 17.8 Å². The van der Waals surface area contributed by atoms with Gasteiger partial charge in [-0.15, -0.1) is 11.3 Å². The lowest BCUT2D eigenvalue weighted by Gasteiger charge is -2.35. The Kier molecular flexibility index (Phi) is 4.65. The van der Waals surface area contributed by atoms with Crippen LogP contribution >= 0.6 is 11.3 Å². The third kappa shape index (κ3) is 3.69. The van der Waals surface area contributed by atoms with Crippen molar-refractivity contribution >= 4 is 17.2 Å². The van der Waals surface area contributed by atoms with E-state index in [9.17, 15) is 4.79 Å². The number of hydrogen-bond donors (Lipinski definition) is 0. The van der Waals surface area contributed by atoms with Crippen LogP contribution in [0, 0.1) is 0 Å². The summed E-state index contributed by atoms with van der Waals surface area (Å²) < 4.78 is 1.93. The Morgan fingerprint density at radius 3 is 3.10 bits per heavy atom. The SMILES string of the molecule is O=C(CCc1nccs1)N1CCCCC1Cn1cccn1. The summed E-state index contributed by atoms with van der Waals surface area (Å²) in [5.41, 5.74) is 0. The molecule has 112 valence electrons. The van der Waals surface area contributed by atoms with E-state index in [0.717, 1.165) is 37.4 Å². The maximum Gasteiger partial charge on any atom is 0.223 e. The minimum Gasteiger partial charge on any atom is -0.338 e. The van der Waals surface area contributed by atoms with Gasteiger partial charge in [0.25, 0.3) is 0 Å². The fourth-order valence-electron chi connectivity index (χ4n) is 2.88. The lowest BCUT2D eigenvalue weighted by Crippen LogP contribution is -2.46. The molecule has 1 fully saturated rings. The van der Waals surface area contributed by atoms with Crippen LogP contribution in [0.5, 0.6) is 0 Å². The topological polar surface area (TPSA) is 51.0 Å². The third-order valence-corrected chi connectivity index (χ3v) is 4.78. The number of hydrogen-bond acceptors (Lipinski definition) is 4. The van der Waals surface area contributed by atoms with Gasteiger partial charge in [0.2, 0.25) is 5.91 Å². The second-order valence-electron chi connectivity index (χ2n) is 5.39. The number of likely N-dealkylation sites (tertiary alicyclic amines) is 1. The molecule has 1 aliphatic rings. The molecule has 1 atom stereocenters. The van der Waals surface area contributed by atoms with Gasteiger partial charge < -0.3 is 4.90 Å². The van der Waals surface area contributed by atoms with E-state index in [-0.39, 0.29) is 11.9 Å². The quantitative estimate of drug-likeness (QED) is 0.852. The van der Waals surface area contributed by atoms with Gasteiger partial charge in [0.1, 0.15) is 0 Å².